The lowest BCUT2D eigenvalue weighted by Crippen LogP contribution is -2.01. The summed E-state index contributed by atoms with van der Waals surface area (Å²) >= 11 is 0. The van der Waals surface area contributed by atoms with Crippen LogP contribution in [0.15, 0.2) is 48.5 Å². The van der Waals surface area contributed by atoms with Crippen LogP contribution in [0.3, 0.4) is 0 Å². The number of carbonyl (C=O) groups is 1. The first-order chi connectivity index (χ1) is 8.85. The number of benzene rings is 2. The molecule has 0 unspecified atom stereocenters. The number of ether oxygens (including phenoxy) is 2. The highest BCUT2D eigenvalue weighted by atomic mass is 16.7. The average Bonchev–Trinajstić information content (AvgIpc) is 2.45. The second kappa shape index (κ2) is 5.98. The standard InChI is InChI=1S/C15H14O3/c1-17-11-18-15-9-12(10-16)7-8-14(15)13-5-3-2-4-6-13/h2-10H,11H2,1H3. The van der Waals surface area contributed by atoms with Crippen molar-refractivity contribution in [2.45, 2.75) is 0 Å². The van der Waals surface area contributed by atoms with E-state index in [2.05, 4.69) is 0 Å². The maximum atomic E-state index is 10.8. The van der Waals surface area contributed by atoms with E-state index in [0.717, 1.165) is 17.4 Å². The molecule has 2 aromatic rings. The molecular formula is C15H14O3. The zero-order valence-corrected chi connectivity index (χ0v) is 10.1. The van der Waals surface area contributed by atoms with Gasteiger partial charge in [0.05, 0.1) is 0 Å². The molecule has 0 amide bonds. The normalized spacial score (nSPS) is 10.1. The summed E-state index contributed by atoms with van der Waals surface area (Å²) in [5, 5.41) is 0. The third-order valence-electron chi connectivity index (χ3n) is 2.56. The van der Waals surface area contributed by atoms with E-state index in [1.54, 1.807) is 19.2 Å². The molecule has 3 nitrogen and oxygen atoms in total. The predicted octanol–water partition coefficient (Wildman–Crippen LogP) is 3.15. The van der Waals surface area contributed by atoms with Crippen LogP contribution in [0, 0.1) is 0 Å². The van der Waals surface area contributed by atoms with Gasteiger partial charge in [-0.25, -0.2) is 0 Å². The van der Waals surface area contributed by atoms with Gasteiger partial charge in [0.25, 0.3) is 0 Å². The second-order valence-electron chi connectivity index (χ2n) is 3.79. The summed E-state index contributed by atoms with van der Waals surface area (Å²) in [5.74, 6) is 0.646. The van der Waals surface area contributed by atoms with E-state index in [1.807, 2.05) is 36.4 Å². The Hall–Kier alpha value is -2.13. The van der Waals surface area contributed by atoms with Crippen LogP contribution in [0.25, 0.3) is 11.1 Å². The molecule has 0 spiro atoms. The van der Waals surface area contributed by atoms with Crippen LogP contribution >= 0.6 is 0 Å². The monoisotopic (exact) mass is 242 g/mol. The van der Waals surface area contributed by atoms with Gasteiger partial charge in [-0.05, 0) is 17.7 Å². The average molecular weight is 242 g/mol. The van der Waals surface area contributed by atoms with Gasteiger partial charge in [-0.1, -0.05) is 36.4 Å². The number of rotatable bonds is 5. The molecule has 0 radical (unpaired) electrons. The molecule has 0 aliphatic heterocycles. The first kappa shape index (κ1) is 12.3. The highest BCUT2D eigenvalue weighted by Crippen LogP contribution is 2.30. The Morgan fingerprint density at radius 3 is 2.56 bits per heavy atom. The van der Waals surface area contributed by atoms with Crippen LogP contribution in [0.5, 0.6) is 5.75 Å². The molecule has 0 aromatic heterocycles. The lowest BCUT2D eigenvalue weighted by atomic mass is 10.0. The molecule has 3 heteroatoms. The minimum absolute atomic E-state index is 0.155. The molecule has 0 aliphatic rings. The highest BCUT2D eigenvalue weighted by Gasteiger charge is 2.07. The van der Waals surface area contributed by atoms with E-state index in [9.17, 15) is 4.79 Å². The van der Waals surface area contributed by atoms with Gasteiger partial charge in [0.2, 0.25) is 0 Å². The molecule has 2 aromatic carbocycles. The Balaban J connectivity index is 2.42. The van der Waals surface area contributed by atoms with Crippen LogP contribution in [-0.4, -0.2) is 20.2 Å². The quantitative estimate of drug-likeness (QED) is 0.597. The molecule has 0 fully saturated rings. The second-order valence-corrected chi connectivity index (χ2v) is 3.79. The Kier molecular flexibility index (Phi) is 4.10. The summed E-state index contributed by atoms with van der Waals surface area (Å²) in [6.07, 6.45) is 0.800. The molecule has 0 N–H and O–H groups in total. The van der Waals surface area contributed by atoms with Crippen molar-refractivity contribution in [1.29, 1.82) is 0 Å². The van der Waals surface area contributed by atoms with Crippen molar-refractivity contribution in [2.24, 2.45) is 0 Å². The zero-order chi connectivity index (χ0) is 12.8. The Morgan fingerprint density at radius 1 is 1.11 bits per heavy atom. The SMILES string of the molecule is COCOc1cc(C=O)ccc1-c1ccccc1. The Labute approximate surface area is 106 Å². The van der Waals surface area contributed by atoms with Gasteiger partial charge in [-0.2, -0.15) is 0 Å². The van der Waals surface area contributed by atoms with Gasteiger partial charge < -0.3 is 9.47 Å². The number of methoxy groups -OCH3 is 1. The number of aldehydes is 1. The molecule has 0 atom stereocenters. The van der Waals surface area contributed by atoms with Crippen LogP contribution in [-0.2, 0) is 4.74 Å². The predicted molar refractivity (Wildman–Crippen MR) is 69.8 cm³/mol. The molecule has 0 saturated heterocycles. The van der Waals surface area contributed by atoms with Crippen molar-refractivity contribution < 1.29 is 14.3 Å². The van der Waals surface area contributed by atoms with Crippen molar-refractivity contribution in [3.8, 4) is 16.9 Å². The lowest BCUT2D eigenvalue weighted by Gasteiger charge is -2.11. The van der Waals surface area contributed by atoms with E-state index in [4.69, 9.17) is 9.47 Å². The van der Waals surface area contributed by atoms with Gasteiger partial charge in [0, 0.05) is 18.2 Å². The van der Waals surface area contributed by atoms with Gasteiger partial charge in [-0.15, -0.1) is 0 Å². The van der Waals surface area contributed by atoms with E-state index >= 15 is 0 Å². The van der Waals surface area contributed by atoms with Crippen molar-refractivity contribution in [3.05, 3.63) is 54.1 Å². The number of hydrogen-bond acceptors (Lipinski definition) is 3. The highest BCUT2D eigenvalue weighted by molar-refractivity contribution is 5.80. The van der Waals surface area contributed by atoms with Crippen molar-refractivity contribution in [1.82, 2.24) is 0 Å². The fraction of sp³-hybridized carbons (Fsp3) is 0.133. The minimum Gasteiger partial charge on any atom is -0.467 e. The van der Waals surface area contributed by atoms with Gasteiger partial charge in [0.1, 0.15) is 12.0 Å². The molecule has 18 heavy (non-hydrogen) atoms. The lowest BCUT2D eigenvalue weighted by molar-refractivity contribution is 0.0515. The van der Waals surface area contributed by atoms with E-state index in [-0.39, 0.29) is 6.79 Å². The number of carbonyl (C=O) groups excluding carboxylic acids is 1. The van der Waals surface area contributed by atoms with Gasteiger partial charge in [0.15, 0.2) is 6.79 Å². The molecular weight excluding hydrogens is 228 g/mol. The third-order valence-corrected chi connectivity index (χ3v) is 2.56. The molecule has 2 rings (SSSR count). The maximum Gasteiger partial charge on any atom is 0.188 e. The summed E-state index contributed by atoms with van der Waals surface area (Å²) in [4.78, 5) is 10.8. The fourth-order valence-corrected chi connectivity index (χ4v) is 1.71. The molecule has 92 valence electrons. The third kappa shape index (κ3) is 2.76. The van der Waals surface area contributed by atoms with Crippen molar-refractivity contribution >= 4 is 6.29 Å². The minimum atomic E-state index is 0.155. The van der Waals surface area contributed by atoms with E-state index < -0.39 is 0 Å². The molecule has 0 heterocycles. The summed E-state index contributed by atoms with van der Waals surface area (Å²) in [6.45, 7) is 0.155. The van der Waals surface area contributed by atoms with Crippen molar-refractivity contribution in [3.63, 3.8) is 0 Å². The Bertz CT molecular complexity index is 521. The van der Waals surface area contributed by atoms with Gasteiger partial charge >= 0.3 is 0 Å². The van der Waals surface area contributed by atoms with Gasteiger partial charge in [-0.3, -0.25) is 4.79 Å². The summed E-state index contributed by atoms with van der Waals surface area (Å²) in [6, 6.07) is 15.2. The number of hydrogen-bond donors (Lipinski definition) is 0. The fourth-order valence-electron chi connectivity index (χ4n) is 1.71. The molecule has 0 aliphatic carbocycles. The topological polar surface area (TPSA) is 35.5 Å². The maximum absolute atomic E-state index is 10.8. The molecule has 0 bridgehead atoms. The van der Waals surface area contributed by atoms with E-state index in [0.29, 0.717) is 11.3 Å². The van der Waals surface area contributed by atoms with E-state index in [1.165, 1.54) is 0 Å². The first-order valence-electron chi connectivity index (χ1n) is 5.61. The first-order valence-corrected chi connectivity index (χ1v) is 5.61. The van der Waals surface area contributed by atoms with Crippen LogP contribution in [0.4, 0.5) is 0 Å². The largest absolute Gasteiger partial charge is 0.467 e. The zero-order valence-electron chi connectivity index (χ0n) is 10.1. The van der Waals surface area contributed by atoms with Crippen LogP contribution < -0.4 is 4.74 Å². The van der Waals surface area contributed by atoms with Crippen molar-refractivity contribution in [2.75, 3.05) is 13.9 Å². The smallest absolute Gasteiger partial charge is 0.188 e. The van der Waals surface area contributed by atoms with Crippen LogP contribution in [0.1, 0.15) is 10.4 Å². The summed E-state index contributed by atoms with van der Waals surface area (Å²) in [5.41, 5.74) is 2.57. The Morgan fingerprint density at radius 2 is 1.89 bits per heavy atom. The summed E-state index contributed by atoms with van der Waals surface area (Å²) in [7, 11) is 1.56. The summed E-state index contributed by atoms with van der Waals surface area (Å²) < 4.78 is 10.4. The molecule has 0 saturated carbocycles. The van der Waals surface area contributed by atoms with Crippen LogP contribution in [0.2, 0.25) is 0 Å².